The molecule has 1 aliphatic heterocycles. The Kier molecular flexibility index (Phi) is 5.76. The topological polar surface area (TPSA) is 49.6 Å². The lowest BCUT2D eigenvalue weighted by Gasteiger charge is -2.32. The van der Waals surface area contributed by atoms with Crippen molar-refractivity contribution in [2.75, 3.05) is 33.2 Å². The minimum absolute atomic E-state index is 0.199. The number of hydrogen-bond donors (Lipinski definition) is 1. The first-order valence-electron chi connectivity index (χ1n) is 7.81. The smallest absolute Gasteiger partial charge is 0.236 e. The van der Waals surface area contributed by atoms with Crippen molar-refractivity contribution >= 4 is 5.91 Å². The van der Waals surface area contributed by atoms with Gasteiger partial charge < -0.3 is 10.6 Å². The monoisotopic (exact) mass is 289 g/mol. The lowest BCUT2D eigenvalue weighted by Crippen LogP contribution is -2.42. The van der Waals surface area contributed by atoms with Crippen molar-refractivity contribution in [3.63, 3.8) is 0 Å². The lowest BCUT2D eigenvalue weighted by atomic mass is 9.97. The molecule has 0 saturated carbocycles. The van der Waals surface area contributed by atoms with E-state index in [-0.39, 0.29) is 5.91 Å². The van der Waals surface area contributed by atoms with Crippen LogP contribution in [0.4, 0.5) is 0 Å². The summed E-state index contributed by atoms with van der Waals surface area (Å²) in [6, 6.07) is 8.23. The number of amides is 1. The molecule has 1 aromatic rings. The third-order valence-electron chi connectivity index (χ3n) is 4.49. The van der Waals surface area contributed by atoms with E-state index in [1.165, 1.54) is 11.1 Å². The second-order valence-corrected chi connectivity index (χ2v) is 6.13. The standard InChI is InChI=1S/C17H27N3O/c1-14-5-3-4-6-16(14)12-19(2)17(21)13-20-9-7-15(11-18)8-10-20/h3-6,15H,7-13,18H2,1-2H3. The van der Waals surface area contributed by atoms with Gasteiger partial charge in [-0.05, 0) is 56.4 Å². The van der Waals surface area contributed by atoms with Gasteiger partial charge in [0.2, 0.25) is 5.91 Å². The SMILES string of the molecule is Cc1ccccc1CN(C)C(=O)CN1CCC(CN)CC1. The van der Waals surface area contributed by atoms with E-state index in [1.54, 1.807) is 0 Å². The van der Waals surface area contributed by atoms with Gasteiger partial charge in [0.15, 0.2) is 0 Å². The minimum Gasteiger partial charge on any atom is -0.340 e. The number of likely N-dealkylation sites (N-methyl/N-ethyl adjacent to an activating group) is 1. The van der Waals surface area contributed by atoms with E-state index in [9.17, 15) is 4.79 Å². The maximum atomic E-state index is 12.3. The summed E-state index contributed by atoms with van der Waals surface area (Å²) in [4.78, 5) is 16.4. The molecule has 1 aromatic carbocycles. The number of nitrogens with zero attached hydrogens (tertiary/aromatic N) is 2. The van der Waals surface area contributed by atoms with Crippen LogP contribution in [-0.2, 0) is 11.3 Å². The van der Waals surface area contributed by atoms with Crippen molar-refractivity contribution < 1.29 is 4.79 Å². The number of carbonyl (C=O) groups is 1. The molecule has 4 heteroatoms. The van der Waals surface area contributed by atoms with E-state index in [0.29, 0.717) is 19.0 Å². The van der Waals surface area contributed by atoms with Gasteiger partial charge in [-0.3, -0.25) is 9.69 Å². The van der Waals surface area contributed by atoms with E-state index >= 15 is 0 Å². The van der Waals surface area contributed by atoms with Crippen LogP contribution in [-0.4, -0.2) is 48.9 Å². The van der Waals surface area contributed by atoms with Gasteiger partial charge in [0, 0.05) is 13.6 Å². The number of rotatable bonds is 5. The number of likely N-dealkylation sites (tertiary alicyclic amines) is 1. The molecule has 1 amide bonds. The van der Waals surface area contributed by atoms with Crippen molar-refractivity contribution in [2.45, 2.75) is 26.3 Å². The Labute approximate surface area is 127 Å². The lowest BCUT2D eigenvalue weighted by molar-refractivity contribution is -0.132. The fourth-order valence-corrected chi connectivity index (χ4v) is 2.82. The van der Waals surface area contributed by atoms with Crippen LogP contribution in [0.3, 0.4) is 0 Å². The van der Waals surface area contributed by atoms with Crippen LogP contribution in [0.1, 0.15) is 24.0 Å². The molecule has 2 N–H and O–H groups in total. The van der Waals surface area contributed by atoms with Gasteiger partial charge in [-0.15, -0.1) is 0 Å². The summed E-state index contributed by atoms with van der Waals surface area (Å²) >= 11 is 0. The number of piperidine rings is 1. The van der Waals surface area contributed by atoms with Gasteiger partial charge in [-0.2, -0.15) is 0 Å². The van der Waals surface area contributed by atoms with E-state index in [0.717, 1.165) is 32.5 Å². The summed E-state index contributed by atoms with van der Waals surface area (Å²) in [6.07, 6.45) is 2.23. The average molecular weight is 289 g/mol. The molecule has 21 heavy (non-hydrogen) atoms. The predicted octanol–water partition coefficient (Wildman–Crippen LogP) is 1.62. The highest BCUT2D eigenvalue weighted by molar-refractivity contribution is 5.78. The number of aryl methyl sites for hydroxylation is 1. The Hall–Kier alpha value is -1.39. The number of benzene rings is 1. The molecule has 1 heterocycles. The first-order chi connectivity index (χ1) is 10.1. The molecular formula is C17H27N3O. The van der Waals surface area contributed by atoms with Crippen molar-refractivity contribution in [2.24, 2.45) is 11.7 Å². The third kappa shape index (κ3) is 4.55. The Morgan fingerprint density at radius 3 is 2.62 bits per heavy atom. The maximum Gasteiger partial charge on any atom is 0.236 e. The van der Waals surface area contributed by atoms with Gasteiger partial charge in [-0.1, -0.05) is 24.3 Å². The highest BCUT2D eigenvalue weighted by Crippen LogP contribution is 2.16. The first kappa shape index (κ1) is 16.0. The molecule has 0 bridgehead atoms. The minimum atomic E-state index is 0.199. The fraction of sp³-hybridized carbons (Fsp3) is 0.588. The molecule has 4 nitrogen and oxygen atoms in total. The molecule has 1 aliphatic rings. The number of nitrogens with two attached hydrogens (primary N) is 1. The molecule has 0 spiro atoms. The quantitative estimate of drug-likeness (QED) is 0.896. The van der Waals surface area contributed by atoms with Crippen molar-refractivity contribution in [3.8, 4) is 0 Å². The van der Waals surface area contributed by atoms with Crippen molar-refractivity contribution in [1.29, 1.82) is 0 Å². The zero-order valence-corrected chi connectivity index (χ0v) is 13.2. The summed E-state index contributed by atoms with van der Waals surface area (Å²) in [5.41, 5.74) is 8.16. The fourth-order valence-electron chi connectivity index (χ4n) is 2.82. The Bertz CT molecular complexity index is 467. The first-order valence-corrected chi connectivity index (χ1v) is 7.81. The van der Waals surface area contributed by atoms with Crippen LogP contribution in [0.2, 0.25) is 0 Å². The predicted molar refractivity (Wildman–Crippen MR) is 85.9 cm³/mol. The second-order valence-electron chi connectivity index (χ2n) is 6.13. The number of carbonyl (C=O) groups excluding carboxylic acids is 1. The second kappa shape index (κ2) is 7.57. The maximum absolute atomic E-state index is 12.3. The molecule has 0 aromatic heterocycles. The van der Waals surface area contributed by atoms with E-state index in [1.807, 2.05) is 24.1 Å². The van der Waals surface area contributed by atoms with E-state index < -0.39 is 0 Å². The molecule has 1 saturated heterocycles. The summed E-state index contributed by atoms with van der Waals surface area (Å²) in [5.74, 6) is 0.838. The van der Waals surface area contributed by atoms with E-state index in [4.69, 9.17) is 5.73 Å². The zero-order chi connectivity index (χ0) is 15.2. The molecule has 2 rings (SSSR count). The van der Waals surface area contributed by atoms with Gasteiger partial charge in [0.05, 0.1) is 6.54 Å². The summed E-state index contributed by atoms with van der Waals surface area (Å²) in [5, 5.41) is 0. The summed E-state index contributed by atoms with van der Waals surface area (Å²) < 4.78 is 0. The van der Waals surface area contributed by atoms with Crippen LogP contribution < -0.4 is 5.73 Å². The molecule has 1 fully saturated rings. The van der Waals surface area contributed by atoms with Gasteiger partial charge in [0.1, 0.15) is 0 Å². The Balaban J connectivity index is 1.82. The molecular weight excluding hydrogens is 262 g/mol. The molecule has 0 aliphatic carbocycles. The Morgan fingerprint density at radius 2 is 2.00 bits per heavy atom. The summed E-state index contributed by atoms with van der Waals surface area (Å²) in [6.45, 7) is 6.06. The third-order valence-corrected chi connectivity index (χ3v) is 4.49. The van der Waals surface area contributed by atoms with Crippen molar-refractivity contribution in [3.05, 3.63) is 35.4 Å². The van der Waals surface area contributed by atoms with Crippen LogP contribution >= 0.6 is 0 Å². The Morgan fingerprint density at radius 1 is 1.33 bits per heavy atom. The molecule has 0 unspecified atom stereocenters. The summed E-state index contributed by atoms with van der Waals surface area (Å²) in [7, 11) is 1.89. The average Bonchev–Trinajstić information content (AvgIpc) is 2.50. The van der Waals surface area contributed by atoms with Crippen LogP contribution in [0.5, 0.6) is 0 Å². The number of hydrogen-bond acceptors (Lipinski definition) is 3. The van der Waals surface area contributed by atoms with Crippen LogP contribution in [0.25, 0.3) is 0 Å². The van der Waals surface area contributed by atoms with E-state index in [2.05, 4.69) is 24.0 Å². The van der Waals surface area contributed by atoms with Crippen molar-refractivity contribution in [1.82, 2.24) is 9.80 Å². The largest absolute Gasteiger partial charge is 0.340 e. The normalized spacial score (nSPS) is 16.9. The molecule has 116 valence electrons. The van der Waals surface area contributed by atoms with Crippen LogP contribution in [0, 0.1) is 12.8 Å². The van der Waals surface area contributed by atoms with Crippen LogP contribution in [0.15, 0.2) is 24.3 Å². The van der Waals surface area contributed by atoms with Gasteiger partial charge >= 0.3 is 0 Å². The van der Waals surface area contributed by atoms with Gasteiger partial charge in [-0.25, -0.2) is 0 Å². The highest BCUT2D eigenvalue weighted by atomic mass is 16.2. The molecule has 0 radical (unpaired) electrons. The molecule has 0 atom stereocenters. The highest BCUT2D eigenvalue weighted by Gasteiger charge is 2.21. The van der Waals surface area contributed by atoms with Gasteiger partial charge in [0.25, 0.3) is 0 Å². The zero-order valence-electron chi connectivity index (χ0n) is 13.2.